The van der Waals surface area contributed by atoms with Gasteiger partial charge in [-0.25, -0.2) is 9.59 Å². The predicted octanol–water partition coefficient (Wildman–Crippen LogP) is 4.70. The van der Waals surface area contributed by atoms with Gasteiger partial charge < -0.3 is 24.5 Å². The number of ether oxygens (including phenoxy) is 2. The molecule has 9 heteroatoms. The molecule has 3 rings (SSSR count). The number of β-lactam (4-membered cyclic amide) rings is 1. The Kier molecular flexibility index (Phi) is 9.15. The maximum absolute atomic E-state index is 13.1. The number of hydrogen-bond donors (Lipinski definition) is 2. The van der Waals surface area contributed by atoms with Crippen molar-refractivity contribution in [2.75, 3.05) is 6.54 Å². The lowest BCUT2D eigenvalue weighted by Crippen LogP contribution is -2.70. The van der Waals surface area contributed by atoms with E-state index < -0.39 is 32.0 Å². The molecule has 0 aliphatic carbocycles. The van der Waals surface area contributed by atoms with Crippen LogP contribution >= 0.6 is 0 Å². The van der Waals surface area contributed by atoms with Crippen molar-refractivity contribution < 1.29 is 28.3 Å². The fraction of sp³-hybridized carbons (Fsp3) is 0.464. The van der Waals surface area contributed by atoms with Crippen molar-refractivity contribution in [2.45, 2.75) is 76.6 Å². The first-order valence-electron chi connectivity index (χ1n) is 12.6. The van der Waals surface area contributed by atoms with Crippen LogP contribution in [0.15, 0.2) is 60.7 Å². The molecule has 2 atom stereocenters. The van der Waals surface area contributed by atoms with Gasteiger partial charge in [-0.1, -0.05) is 81.4 Å². The summed E-state index contributed by atoms with van der Waals surface area (Å²) < 4.78 is 17.4. The number of rotatable bonds is 11. The minimum Gasteiger partial charge on any atom is -0.459 e. The van der Waals surface area contributed by atoms with Crippen LogP contribution in [0.25, 0.3) is 0 Å². The van der Waals surface area contributed by atoms with Crippen molar-refractivity contribution in [1.29, 1.82) is 0 Å². The standard InChI is InChI=1S/C28H38N2O6Si/c1-27(2,3)37(4,5)36-28(20-29-25(28)32)17-16-23(24(31)34-18-21-12-8-6-9-13-21)30-26(33)35-19-22-14-10-7-11-15-22/h6-15,23H,16-20H2,1-5H3,(H,29,32)(H,30,33)/t23-,28-/m0/s1. The molecule has 0 saturated carbocycles. The summed E-state index contributed by atoms with van der Waals surface area (Å²) in [6.07, 6.45) is -0.311. The van der Waals surface area contributed by atoms with Crippen LogP contribution in [-0.4, -0.2) is 44.5 Å². The fourth-order valence-electron chi connectivity index (χ4n) is 3.70. The number of hydrogen-bond acceptors (Lipinski definition) is 6. The molecule has 1 aliphatic heterocycles. The summed E-state index contributed by atoms with van der Waals surface area (Å²) in [5.41, 5.74) is 0.627. The zero-order valence-electron chi connectivity index (χ0n) is 22.3. The molecule has 0 radical (unpaired) electrons. The van der Waals surface area contributed by atoms with E-state index in [0.29, 0.717) is 6.54 Å². The van der Waals surface area contributed by atoms with E-state index in [2.05, 4.69) is 44.5 Å². The largest absolute Gasteiger partial charge is 0.459 e. The number of carbonyl (C=O) groups is 3. The van der Waals surface area contributed by atoms with Crippen LogP contribution in [0.1, 0.15) is 44.7 Å². The molecule has 2 aromatic carbocycles. The van der Waals surface area contributed by atoms with Crippen LogP contribution < -0.4 is 10.6 Å². The molecule has 0 bridgehead atoms. The summed E-state index contributed by atoms with van der Waals surface area (Å²) in [7, 11) is -2.28. The van der Waals surface area contributed by atoms with Gasteiger partial charge in [0.05, 0.1) is 6.54 Å². The van der Waals surface area contributed by atoms with E-state index in [1.54, 1.807) is 0 Å². The summed E-state index contributed by atoms with van der Waals surface area (Å²) in [5.74, 6) is -0.789. The molecule has 1 fully saturated rings. The molecule has 8 nitrogen and oxygen atoms in total. The second-order valence-corrected chi connectivity index (χ2v) is 15.7. The van der Waals surface area contributed by atoms with Crippen molar-refractivity contribution in [2.24, 2.45) is 0 Å². The lowest BCUT2D eigenvalue weighted by molar-refractivity contribution is -0.153. The van der Waals surface area contributed by atoms with E-state index in [1.165, 1.54) is 0 Å². The molecule has 200 valence electrons. The Morgan fingerprint density at radius 3 is 1.97 bits per heavy atom. The van der Waals surface area contributed by atoms with Crippen molar-refractivity contribution >= 4 is 26.3 Å². The molecule has 1 heterocycles. The lowest BCUT2D eigenvalue weighted by atomic mass is 9.88. The molecular formula is C28H38N2O6Si. The number of amides is 2. The molecule has 0 spiro atoms. The van der Waals surface area contributed by atoms with Crippen LogP contribution in [0.5, 0.6) is 0 Å². The molecule has 37 heavy (non-hydrogen) atoms. The van der Waals surface area contributed by atoms with Crippen LogP contribution in [-0.2, 0) is 36.7 Å². The van der Waals surface area contributed by atoms with Crippen molar-refractivity contribution in [3.8, 4) is 0 Å². The van der Waals surface area contributed by atoms with Gasteiger partial charge in [-0.05, 0) is 42.1 Å². The molecule has 1 saturated heterocycles. The van der Waals surface area contributed by atoms with Crippen molar-refractivity contribution in [1.82, 2.24) is 10.6 Å². The Labute approximate surface area is 220 Å². The Bertz CT molecular complexity index is 1070. The summed E-state index contributed by atoms with van der Waals surface area (Å²) in [5, 5.41) is 5.33. The van der Waals surface area contributed by atoms with Crippen LogP contribution in [0.3, 0.4) is 0 Å². The topological polar surface area (TPSA) is 103 Å². The molecular weight excluding hydrogens is 488 g/mol. The van der Waals surface area contributed by atoms with E-state index >= 15 is 0 Å². The monoisotopic (exact) mass is 526 g/mol. The van der Waals surface area contributed by atoms with Gasteiger partial charge in [-0.15, -0.1) is 0 Å². The van der Waals surface area contributed by atoms with Gasteiger partial charge in [0, 0.05) is 0 Å². The molecule has 2 N–H and O–H groups in total. The summed E-state index contributed by atoms with van der Waals surface area (Å²) in [4.78, 5) is 38.3. The van der Waals surface area contributed by atoms with Crippen LogP contribution in [0, 0.1) is 0 Å². The maximum atomic E-state index is 13.1. The number of alkyl carbamates (subject to hydrolysis) is 1. The quantitative estimate of drug-likeness (QED) is 0.250. The highest BCUT2D eigenvalue weighted by Gasteiger charge is 2.53. The third-order valence-corrected chi connectivity index (χ3v) is 11.6. The SMILES string of the molecule is CC(C)(C)[Si](C)(C)O[C@@]1(CC[C@H](NC(=O)OCc2ccccc2)C(=O)OCc2ccccc2)CNC1=O. The third kappa shape index (κ3) is 7.66. The summed E-state index contributed by atoms with van der Waals surface area (Å²) in [6.45, 7) is 11.0. The van der Waals surface area contributed by atoms with E-state index in [1.807, 2.05) is 60.7 Å². The molecule has 0 unspecified atom stereocenters. The first-order chi connectivity index (χ1) is 17.4. The van der Waals surface area contributed by atoms with E-state index in [4.69, 9.17) is 13.9 Å². The van der Waals surface area contributed by atoms with Crippen LogP contribution in [0.2, 0.25) is 18.1 Å². The number of esters is 1. The molecule has 1 aliphatic rings. The van der Waals surface area contributed by atoms with Gasteiger partial charge >= 0.3 is 12.1 Å². The predicted molar refractivity (Wildman–Crippen MR) is 143 cm³/mol. The first-order valence-corrected chi connectivity index (χ1v) is 15.5. The number of nitrogens with one attached hydrogen (secondary N) is 2. The molecule has 0 aromatic heterocycles. The highest BCUT2D eigenvalue weighted by molar-refractivity contribution is 6.74. The highest BCUT2D eigenvalue weighted by Crippen LogP contribution is 2.41. The number of benzene rings is 2. The van der Waals surface area contributed by atoms with Gasteiger partial charge in [0.15, 0.2) is 13.9 Å². The first kappa shape index (κ1) is 28.4. The zero-order valence-corrected chi connectivity index (χ0v) is 23.3. The second-order valence-electron chi connectivity index (χ2n) is 10.9. The van der Waals surface area contributed by atoms with Crippen molar-refractivity contribution in [3.63, 3.8) is 0 Å². The summed E-state index contributed by atoms with van der Waals surface area (Å²) >= 11 is 0. The van der Waals surface area contributed by atoms with Gasteiger partial charge in [0.2, 0.25) is 0 Å². The normalized spacial score (nSPS) is 18.2. The smallest absolute Gasteiger partial charge is 0.408 e. The van der Waals surface area contributed by atoms with Crippen LogP contribution in [0.4, 0.5) is 4.79 Å². The third-order valence-electron chi connectivity index (χ3n) is 7.06. The van der Waals surface area contributed by atoms with E-state index in [-0.39, 0.29) is 37.0 Å². The Hall–Kier alpha value is -3.17. The van der Waals surface area contributed by atoms with Crippen molar-refractivity contribution in [3.05, 3.63) is 71.8 Å². The van der Waals surface area contributed by atoms with E-state index in [9.17, 15) is 14.4 Å². The molecule has 2 aromatic rings. The summed E-state index contributed by atoms with van der Waals surface area (Å²) in [6, 6.07) is 17.6. The van der Waals surface area contributed by atoms with Gasteiger partial charge in [-0.3, -0.25) is 4.79 Å². The Balaban J connectivity index is 1.69. The average Bonchev–Trinajstić information content (AvgIpc) is 2.87. The van der Waals surface area contributed by atoms with Gasteiger partial charge in [0.25, 0.3) is 5.91 Å². The molecule has 2 amide bonds. The Morgan fingerprint density at radius 2 is 1.51 bits per heavy atom. The Morgan fingerprint density at radius 1 is 0.973 bits per heavy atom. The number of carbonyl (C=O) groups excluding carboxylic acids is 3. The van der Waals surface area contributed by atoms with Gasteiger partial charge in [-0.2, -0.15) is 0 Å². The zero-order chi connectivity index (χ0) is 27.1. The maximum Gasteiger partial charge on any atom is 0.408 e. The highest BCUT2D eigenvalue weighted by atomic mass is 28.4. The van der Waals surface area contributed by atoms with E-state index in [0.717, 1.165) is 11.1 Å². The minimum absolute atomic E-state index is 0.0687. The fourth-order valence-corrected chi connectivity index (χ4v) is 5.25. The second kappa shape index (κ2) is 11.9. The lowest BCUT2D eigenvalue weighted by Gasteiger charge is -2.49. The van der Waals surface area contributed by atoms with Gasteiger partial charge in [0.1, 0.15) is 19.3 Å². The average molecular weight is 527 g/mol. The minimum atomic E-state index is -2.28.